The van der Waals surface area contributed by atoms with Gasteiger partial charge in [-0.1, -0.05) is 30.3 Å². The van der Waals surface area contributed by atoms with Gasteiger partial charge in [0.1, 0.15) is 0 Å². The molecule has 0 radical (unpaired) electrons. The molecule has 1 unspecified atom stereocenters. The summed E-state index contributed by atoms with van der Waals surface area (Å²) in [5.41, 5.74) is 2.61. The molecule has 0 bridgehead atoms. The van der Waals surface area contributed by atoms with Crippen molar-refractivity contribution >= 4 is 35.2 Å². The SMILES string of the molecule is Cc1ccccc1NC(=O)Nc1ccc(C(C)(C)N2CCCC(CC(=O)N[C@H](C)CC(=O)O)C2=O)cc1. The summed E-state index contributed by atoms with van der Waals surface area (Å²) in [5, 5.41) is 17.2. The summed E-state index contributed by atoms with van der Waals surface area (Å²) < 4.78 is 0. The normalized spacial score (nSPS) is 16.6. The van der Waals surface area contributed by atoms with Crippen LogP contribution in [0.25, 0.3) is 0 Å². The Morgan fingerprint density at radius 3 is 2.41 bits per heavy atom. The standard InChI is InChI=1S/C28H36N4O5/c1-18-8-5-6-10-23(18)31-27(37)30-22-13-11-21(12-14-22)28(3,4)32-15-7-9-20(26(32)36)17-24(33)29-19(2)16-25(34)35/h5-6,8,10-14,19-20H,7,9,15-17H2,1-4H3,(H,29,33)(H,34,35)(H2,30,31,37)/t19-,20?/m1/s1. The van der Waals surface area contributed by atoms with Gasteiger partial charge in [0.2, 0.25) is 11.8 Å². The van der Waals surface area contributed by atoms with Gasteiger partial charge >= 0.3 is 12.0 Å². The molecule has 9 nitrogen and oxygen atoms in total. The topological polar surface area (TPSA) is 128 Å². The predicted molar refractivity (Wildman–Crippen MR) is 142 cm³/mol. The summed E-state index contributed by atoms with van der Waals surface area (Å²) in [5.74, 6) is -1.83. The van der Waals surface area contributed by atoms with Crippen LogP contribution >= 0.6 is 0 Å². The molecule has 1 aliphatic rings. The number of anilines is 2. The molecule has 0 aromatic heterocycles. The number of hydrogen-bond acceptors (Lipinski definition) is 4. The maximum atomic E-state index is 13.3. The van der Waals surface area contributed by atoms with E-state index in [0.29, 0.717) is 18.7 Å². The van der Waals surface area contributed by atoms with Crippen LogP contribution in [0.1, 0.15) is 57.6 Å². The zero-order chi connectivity index (χ0) is 27.2. The summed E-state index contributed by atoms with van der Waals surface area (Å²) in [7, 11) is 0. The summed E-state index contributed by atoms with van der Waals surface area (Å²) in [6.45, 7) is 8.07. The molecule has 4 amide bonds. The van der Waals surface area contributed by atoms with Gasteiger partial charge in [0.25, 0.3) is 0 Å². The molecule has 1 heterocycles. The number of carboxylic acids is 1. The molecule has 2 aromatic carbocycles. The number of likely N-dealkylation sites (tertiary alicyclic amines) is 1. The first-order chi connectivity index (χ1) is 17.5. The van der Waals surface area contributed by atoms with Crippen LogP contribution in [-0.2, 0) is 19.9 Å². The second-order valence-corrected chi connectivity index (χ2v) is 10.1. The Morgan fingerprint density at radius 1 is 1.08 bits per heavy atom. The third kappa shape index (κ3) is 7.31. The van der Waals surface area contributed by atoms with Crippen LogP contribution in [-0.4, -0.2) is 46.4 Å². The number of para-hydroxylation sites is 1. The Balaban J connectivity index is 1.62. The quantitative estimate of drug-likeness (QED) is 0.397. The van der Waals surface area contributed by atoms with E-state index >= 15 is 0 Å². The number of rotatable bonds is 9. The number of benzene rings is 2. The third-order valence-corrected chi connectivity index (χ3v) is 6.79. The number of nitrogens with zero attached hydrogens (tertiary/aromatic N) is 1. The van der Waals surface area contributed by atoms with Crippen LogP contribution in [0.3, 0.4) is 0 Å². The zero-order valence-corrected chi connectivity index (χ0v) is 21.8. The maximum Gasteiger partial charge on any atom is 0.323 e. The number of aryl methyl sites for hydroxylation is 1. The molecule has 4 N–H and O–H groups in total. The molecule has 2 aromatic rings. The maximum absolute atomic E-state index is 13.3. The highest BCUT2D eigenvalue weighted by Crippen LogP contribution is 2.34. The van der Waals surface area contributed by atoms with Crippen molar-refractivity contribution < 1.29 is 24.3 Å². The Bertz CT molecular complexity index is 1150. The average Bonchev–Trinajstić information content (AvgIpc) is 2.81. The molecule has 0 saturated carbocycles. The predicted octanol–water partition coefficient (Wildman–Crippen LogP) is 4.48. The number of piperidine rings is 1. The number of amides is 4. The lowest BCUT2D eigenvalue weighted by molar-refractivity contribution is -0.147. The molecule has 9 heteroatoms. The molecule has 1 saturated heterocycles. The van der Waals surface area contributed by atoms with E-state index in [1.807, 2.05) is 62.1 Å². The fourth-order valence-corrected chi connectivity index (χ4v) is 4.68. The zero-order valence-electron chi connectivity index (χ0n) is 21.8. The van der Waals surface area contributed by atoms with E-state index in [2.05, 4.69) is 16.0 Å². The third-order valence-electron chi connectivity index (χ3n) is 6.79. The van der Waals surface area contributed by atoms with Gasteiger partial charge in [0.15, 0.2) is 0 Å². The summed E-state index contributed by atoms with van der Waals surface area (Å²) in [6.07, 6.45) is 1.26. The van der Waals surface area contributed by atoms with E-state index in [1.165, 1.54) is 0 Å². The number of aliphatic carboxylic acids is 1. The van der Waals surface area contributed by atoms with Crippen molar-refractivity contribution in [3.05, 3.63) is 59.7 Å². The molecule has 198 valence electrons. The number of carbonyl (C=O) groups excluding carboxylic acids is 3. The first-order valence-corrected chi connectivity index (χ1v) is 12.5. The van der Waals surface area contributed by atoms with Crippen molar-refractivity contribution in [2.45, 2.75) is 65.0 Å². The highest BCUT2D eigenvalue weighted by molar-refractivity contribution is 6.00. The van der Waals surface area contributed by atoms with Crippen LogP contribution in [0.5, 0.6) is 0 Å². The van der Waals surface area contributed by atoms with Crippen molar-refractivity contribution in [1.82, 2.24) is 10.2 Å². The number of carboxylic acid groups (broad SMARTS) is 1. The van der Waals surface area contributed by atoms with Crippen LogP contribution in [0.2, 0.25) is 0 Å². The molecule has 1 fully saturated rings. The minimum atomic E-state index is -0.984. The number of carbonyl (C=O) groups is 4. The van der Waals surface area contributed by atoms with Crippen molar-refractivity contribution in [2.75, 3.05) is 17.2 Å². The van der Waals surface area contributed by atoms with Crippen LogP contribution in [0.4, 0.5) is 16.2 Å². The van der Waals surface area contributed by atoms with Gasteiger partial charge < -0.3 is 26.0 Å². The van der Waals surface area contributed by atoms with E-state index in [-0.39, 0.29) is 30.7 Å². The Labute approximate surface area is 217 Å². The van der Waals surface area contributed by atoms with Crippen LogP contribution in [0, 0.1) is 12.8 Å². The van der Waals surface area contributed by atoms with Gasteiger partial charge in [-0.15, -0.1) is 0 Å². The number of hydrogen-bond donors (Lipinski definition) is 4. The van der Waals surface area contributed by atoms with Crippen LogP contribution < -0.4 is 16.0 Å². The van der Waals surface area contributed by atoms with Gasteiger partial charge in [0, 0.05) is 36.3 Å². The molecule has 2 atom stereocenters. The van der Waals surface area contributed by atoms with E-state index in [0.717, 1.165) is 23.2 Å². The minimum Gasteiger partial charge on any atom is -0.481 e. The molecule has 3 rings (SSSR count). The van der Waals surface area contributed by atoms with Gasteiger partial charge in [-0.2, -0.15) is 0 Å². The fraction of sp³-hybridized carbons (Fsp3) is 0.429. The van der Waals surface area contributed by atoms with Gasteiger partial charge in [0.05, 0.1) is 12.0 Å². The molecular formula is C28H36N4O5. The van der Waals surface area contributed by atoms with Crippen LogP contribution in [0.15, 0.2) is 48.5 Å². The molecule has 37 heavy (non-hydrogen) atoms. The molecule has 0 spiro atoms. The second-order valence-electron chi connectivity index (χ2n) is 10.1. The van der Waals surface area contributed by atoms with Gasteiger partial charge in [-0.3, -0.25) is 14.4 Å². The monoisotopic (exact) mass is 508 g/mol. The smallest absolute Gasteiger partial charge is 0.323 e. The largest absolute Gasteiger partial charge is 0.481 e. The molecular weight excluding hydrogens is 472 g/mol. The Kier molecular flexibility index (Phi) is 8.91. The summed E-state index contributed by atoms with van der Waals surface area (Å²) in [6, 6.07) is 14.1. The minimum absolute atomic E-state index is 0.0359. The van der Waals surface area contributed by atoms with Crippen molar-refractivity contribution in [1.29, 1.82) is 0 Å². The number of nitrogens with one attached hydrogen (secondary N) is 3. The average molecular weight is 509 g/mol. The highest BCUT2D eigenvalue weighted by Gasteiger charge is 2.39. The van der Waals surface area contributed by atoms with E-state index in [4.69, 9.17) is 5.11 Å². The van der Waals surface area contributed by atoms with E-state index < -0.39 is 23.5 Å². The Hall–Kier alpha value is -3.88. The fourth-order valence-electron chi connectivity index (χ4n) is 4.68. The Morgan fingerprint density at radius 2 is 1.76 bits per heavy atom. The lowest BCUT2D eigenvalue weighted by atomic mass is 9.85. The lowest BCUT2D eigenvalue weighted by Gasteiger charge is -2.44. The van der Waals surface area contributed by atoms with Gasteiger partial charge in [-0.25, -0.2) is 4.79 Å². The number of urea groups is 1. The van der Waals surface area contributed by atoms with Crippen molar-refractivity contribution in [2.24, 2.45) is 5.92 Å². The molecule has 0 aliphatic carbocycles. The van der Waals surface area contributed by atoms with Crippen molar-refractivity contribution in [3.63, 3.8) is 0 Å². The second kappa shape index (κ2) is 11.9. The molecule has 1 aliphatic heterocycles. The summed E-state index contributed by atoms with van der Waals surface area (Å²) >= 11 is 0. The van der Waals surface area contributed by atoms with E-state index in [1.54, 1.807) is 19.1 Å². The summed E-state index contributed by atoms with van der Waals surface area (Å²) in [4.78, 5) is 50.8. The first-order valence-electron chi connectivity index (χ1n) is 12.5. The van der Waals surface area contributed by atoms with E-state index in [9.17, 15) is 19.2 Å². The highest BCUT2D eigenvalue weighted by atomic mass is 16.4. The lowest BCUT2D eigenvalue weighted by Crippen LogP contribution is -2.52. The first kappa shape index (κ1) is 27.7. The van der Waals surface area contributed by atoms with Crippen molar-refractivity contribution in [3.8, 4) is 0 Å². The van der Waals surface area contributed by atoms with Gasteiger partial charge in [-0.05, 0) is 69.9 Å².